The molecule has 0 radical (unpaired) electrons. The van der Waals surface area contributed by atoms with Gasteiger partial charge >= 0.3 is 0 Å². The second-order valence-corrected chi connectivity index (χ2v) is 35.3. The van der Waals surface area contributed by atoms with Crippen LogP contribution in [0.3, 0.4) is 0 Å². The highest BCUT2D eigenvalue weighted by Gasteiger charge is 2.62. The van der Waals surface area contributed by atoms with Gasteiger partial charge in [-0.25, -0.2) is 0 Å². The van der Waals surface area contributed by atoms with Gasteiger partial charge in [-0.1, -0.05) is 152 Å². The fraction of sp³-hybridized carbons (Fsp3) is 0.360. The SMILES string of the molecule is COc1cccc(N2c3ccc(-c4cc(-c5ccc6c(c5)C5(C)CCCCC5(C)N6c5cccc(OC)c5)c5ccc6c(-c7ccc8c(c7)C7(C)CCCCC7(C)N8c7cccc(OC)c7)cc(-c7ccc8c(c7)C7(C)CCCCC7(C)N8c7cccc(OC)c7)c7ccc4c5c76)cc3C3(C)CCCCC23C)c1. The number of anilines is 8. The van der Waals surface area contributed by atoms with Crippen molar-refractivity contribution in [3.63, 3.8) is 0 Å². The largest absolute Gasteiger partial charge is 0.497 e. The van der Waals surface area contributed by atoms with E-state index in [9.17, 15) is 0 Å². The highest BCUT2D eigenvalue weighted by molar-refractivity contribution is 6.32. The van der Waals surface area contributed by atoms with E-state index >= 15 is 0 Å². The van der Waals surface area contributed by atoms with Crippen LogP contribution in [-0.2, 0) is 21.7 Å². The van der Waals surface area contributed by atoms with Crippen LogP contribution in [-0.4, -0.2) is 50.6 Å². The van der Waals surface area contributed by atoms with Crippen molar-refractivity contribution in [3.8, 4) is 67.5 Å². The molecule has 4 heterocycles. The van der Waals surface area contributed by atoms with Crippen LogP contribution in [0.25, 0.3) is 76.8 Å². The maximum absolute atomic E-state index is 5.97. The van der Waals surface area contributed by atoms with Crippen molar-refractivity contribution in [2.75, 3.05) is 48.0 Å². The first kappa shape index (κ1) is 67.4. The molecule has 8 heteroatoms. The molecular weight excluding hydrogens is 1320 g/mol. The number of fused-ring (bicyclic) bond motifs is 12. The minimum Gasteiger partial charge on any atom is -0.497 e. The van der Waals surface area contributed by atoms with Crippen molar-refractivity contribution in [3.05, 3.63) is 229 Å². The summed E-state index contributed by atoms with van der Waals surface area (Å²) in [6.07, 6.45) is 18.5. The molecule has 8 atom stereocenters. The van der Waals surface area contributed by atoms with Gasteiger partial charge in [-0.15, -0.1) is 0 Å². The van der Waals surface area contributed by atoms with Gasteiger partial charge in [-0.05, 0) is 287 Å². The average Bonchev–Trinajstić information content (AvgIpc) is 1.21. The summed E-state index contributed by atoms with van der Waals surface area (Å²) in [5, 5.41) is 7.80. The smallest absolute Gasteiger partial charge is 0.120 e. The average molecular weight is 1420 g/mol. The first-order valence-electron chi connectivity index (χ1n) is 40.4. The quantitative estimate of drug-likeness (QED) is 0.112. The Morgan fingerprint density at radius 3 is 0.685 bits per heavy atom. The monoisotopic (exact) mass is 1420 g/mol. The number of hydrogen-bond donors (Lipinski definition) is 0. The summed E-state index contributed by atoms with van der Waals surface area (Å²) in [7, 11) is 7.17. The molecule has 12 aromatic rings. The zero-order chi connectivity index (χ0) is 73.8. The molecule has 8 nitrogen and oxygen atoms in total. The molecule has 108 heavy (non-hydrogen) atoms. The number of benzene rings is 12. The lowest BCUT2D eigenvalue weighted by atomic mass is 9.61. The summed E-state index contributed by atoms with van der Waals surface area (Å²) in [4.78, 5) is 10.8. The van der Waals surface area contributed by atoms with Gasteiger partial charge in [0.1, 0.15) is 23.0 Å². The number of rotatable bonds is 12. The predicted molar refractivity (Wildman–Crippen MR) is 449 cm³/mol. The summed E-state index contributed by atoms with van der Waals surface area (Å²) in [5.41, 5.74) is 24.8. The summed E-state index contributed by atoms with van der Waals surface area (Å²) in [6, 6.07) is 81.0. The second-order valence-electron chi connectivity index (χ2n) is 35.3. The Bertz CT molecular complexity index is 5040. The number of ether oxygens (including phenoxy) is 4. The van der Waals surface area contributed by atoms with Gasteiger partial charge in [0.05, 0.1) is 50.6 Å². The van der Waals surface area contributed by atoms with Gasteiger partial charge in [-0.3, -0.25) is 0 Å². The Kier molecular flexibility index (Phi) is 14.9. The van der Waals surface area contributed by atoms with Gasteiger partial charge in [0.15, 0.2) is 0 Å². The van der Waals surface area contributed by atoms with Crippen molar-refractivity contribution >= 4 is 77.8 Å². The summed E-state index contributed by atoms with van der Waals surface area (Å²) in [6.45, 7) is 20.5. The summed E-state index contributed by atoms with van der Waals surface area (Å²) >= 11 is 0. The van der Waals surface area contributed by atoms with Crippen LogP contribution in [0.2, 0.25) is 0 Å². The maximum atomic E-state index is 5.97. The molecule has 4 saturated carbocycles. The molecule has 12 aromatic carbocycles. The molecule has 4 aliphatic carbocycles. The first-order valence-corrected chi connectivity index (χ1v) is 40.4. The molecule has 0 bridgehead atoms. The van der Waals surface area contributed by atoms with Crippen LogP contribution in [0.5, 0.6) is 23.0 Å². The molecular formula is C100H102N4O4. The van der Waals surface area contributed by atoms with E-state index in [-0.39, 0.29) is 43.8 Å². The van der Waals surface area contributed by atoms with E-state index in [1.807, 2.05) is 0 Å². The Morgan fingerprint density at radius 2 is 0.463 bits per heavy atom. The topological polar surface area (TPSA) is 49.9 Å². The molecule has 4 aliphatic heterocycles. The zero-order valence-electron chi connectivity index (χ0n) is 65.4. The minimum atomic E-state index is -0.151. The van der Waals surface area contributed by atoms with E-state index in [0.717, 1.165) is 74.4 Å². The lowest BCUT2D eigenvalue weighted by Gasteiger charge is -2.50. The highest BCUT2D eigenvalue weighted by Crippen LogP contribution is 2.67. The van der Waals surface area contributed by atoms with Crippen molar-refractivity contribution in [2.45, 2.75) is 202 Å². The number of methoxy groups -OCH3 is 4. The Labute approximate surface area is 638 Å². The minimum absolute atomic E-state index is 0.118. The standard InChI is InChI=1S/C100H102N4O4/c1-93-45-13-17-49-97(93,5)101(67-25-21-29-71(57-67)105-9)87-41-33-63(53-83(87)93)79-61-80(64-34-42-88-84(54-64)94(2)46-14-18-50-98(94,6)102(88)68-26-22-30-72(58-68)106-10)76-39-40-78-82(66-36-44-90-86(56-66)96(4)48-16-20-52-100(96,8)104(90)70-28-24-32-74(60-70)108-12)62-81(77-38-37-75(79)91(76)92(77)78)65-35-43-89-85(55-65)95(3)47-15-19-51-99(95,7)103(89)69-27-23-31-73(59-69)107-11/h21-44,53-62H,13-20,45-52H2,1-12H3. The molecule has 546 valence electrons. The molecule has 0 spiro atoms. The first-order chi connectivity index (χ1) is 52.3. The van der Waals surface area contributed by atoms with Crippen LogP contribution >= 0.6 is 0 Å². The zero-order valence-corrected chi connectivity index (χ0v) is 65.4. The van der Waals surface area contributed by atoms with Crippen molar-refractivity contribution in [2.24, 2.45) is 0 Å². The second kappa shape index (κ2) is 23.8. The van der Waals surface area contributed by atoms with E-state index in [1.165, 1.54) is 196 Å². The van der Waals surface area contributed by atoms with E-state index in [1.54, 1.807) is 28.4 Å². The Balaban J connectivity index is 0.870. The van der Waals surface area contributed by atoms with Crippen molar-refractivity contribution in [1.29, 1.82) is 0 Å². The van der Waals surface area contributed by atoms with Crippen LogP contribution < -0.4 is 38.5 Å². The molecule has 0 aromatic heterocycles. The van der Waals surface area contributed by atoms with Crippen LogP contribution in [0.15, 0.2) is 206 Å². The lowest BCUT2D eigenvalue weighted by molar-refractivity contribution is 0.195. The lowest BCUT2D eigenvalue weighted by Crippen LogP contribution is -2.54. The van der Waals surface area contributed by atoms with Gasteiger partial charge in [0.25, 0.3) is 0 Å². The third kappa shape index (κ3) is 8.92. The normalized spacial score (nSPS) is 27.3. The van der Waals surface area contributed by atoms with Crippen LogP contribution in [0.4, 0.5) is 45.5 Å². The van der Waals surface area contributed by atoms with E-state index < -0.39 is 0 Å². The van der Waals surface area contributed by atoms with E-state index in [2.05, 4.69) is 281 Å². The molecule has 4 fully saturated rings. The number of nitrogens with zero attached hydrogens (tertiary/aromatic N) is 4. The predicted octanol–water partition coefficient (Wildman–Crippen LogP) is 26.3. The molecule has 0 amide bonds. The van der Waals surface area contributed by atoms with Gasteiger partial charge in [0.2, 0.25) is 0 Å². The van der Waals surface area contributed by atoms with Gasteiger partial charge < -0.3 is 38.5 Å². The molecule has 8 unspecified atom stereocenters. The third-order valence-electron chi connectivity index (χ3n) is 30.8. The Morgan fingerprint density at radius 1 is 0.241 bits per heavy atom. The van der Waals surface area contributed by atoms with Crippen LogP contribution in [0.1, 0.15) is 180 Å². The fourth-order valence-electron chi connectivity index (χ4n) is 24.2. The highest BCUT2D eigenvalue weighted by atomic mass is 16.5. The van der Waals surface area contributed by atoms with Gasteiger partial charge in [0, 0.05) is 91.4 Å². The van der Waals surface area contributed by atoms with E-state index in [4.69, 9.17) is 18.9 Å². The van der Waals surface area contributed by atoms with Crippen LogP contribution in [0, 0.1) is 0 Å². The summed E-state index contributed by atoms with van der Waals surface area (Å²) in [5.74, 6) is 3.54. The fourth-order valence-corrected chi connectivity index (χ4v) is 24.2. The third-order valence-corrected chi connectivity index (χ3v) is 30.8. The van der Waals surface area contributed by atoms with Gasteiger partial charge in [-0.2, -0.15) is 0 Å². The molecule has 20 rings (SSSR count). The number of hydrogen-bond acceptors (Lipinski definition) is 8. The molecule has 0 saturated heterocycles. The maximum Gasteiger partial charge on any atom is 0.120 e. The summed E-state index contributed by atoms with van der Waals surface area (Å²) < 4.78 is 23.9. The van der Waals surface area contributed by atoms with Crippen molar-refractivity contribution in [1.82, 2.24) is 0 Å². The Hall–Kier alpha value is -9.92. The molecule has 8 aliphatic rings. The molecule has 0 N–H and O–H groups in total. The van der Waals surface area contributed by atoms with Crippen molar-refractivity contribution < 1.29 is 18.9 Å². The van der Waals surface area contributed by atoms with E-state index in [0.29, 0.717) is 0 Å².